The molecule has 4 aromatic rings. The number of amides is 2. The molecule has 2 aliphatic rings. The molecule has 3 N–H and O–H groups in total. The van der Waals surface area contributed by atoms with E-state index in [1.54, 1.807) is 38.1 Å². The molecule has 0 radical (unpaired) electrons. The summed E-state index contributed by atoms with van der Waals surface area (Å²) in [7, 11) is 0. The first kappa shape index (κ1) is 29.5. The van der Waals surface area contributed by atoms with Crippen LogP contribution in [0.15, 0.2) is 36.4 Å². The van der Waals surface area contributed by atoms with E-state index in [2.05, 4.69) is 10.3 Å². The molecule has 222 valence electrons. The number of carbonyl (C=O) groups is 2. The first-order valence-corrected chi connectivity index (χ1v) is 14.7. The molecule has 1 fully saturated rings. The van der Waals surface area contributed by atoms with E-state index < -0.39 is 28.0 Å². The number of carbonyl (C=O) groups excluding carboxylic acids is 2. The van der Waals surface area contributed by atoms with E-state index in [4.69, 9.17) is 50.3 Å². The molecule has 2 atom stereocenters. The van der Waals surface area contributed by atoms with Gasteiger partial charge >= 0.3 is 0 Å². The number of aromatic nitrogens is 2. The van der Waals surface area contributed by atoms with Crippen molar-refractivity contribution in [3.05, 3.63) is 85.6 Å². The maximum absolute atomic E-state index is 14.5. The second-order valence-corrected chi connectivity index (χ2v) is 12.4. The SMILES string of the molecule is Cc1nc2c(Cl)cc(C(=O)NC[C@H](c3cc4c(c(-c5ccc(F)c(F)c5Cl)n3)OC[C@]4(C)C(N)=O)C3CC3)cc2cc1Cl. The Bertz CT molecular complexity index is 1850. The molecule has 3 heterocycles. The second kappa shape index (κ2) is 10.9. The summed E-state index contributed by atoms with van der Waals surface area (Å²) in [5.74, 6) is -3.16. The third-order valence-electron chi connectivity index (χ3n) is 8.24. The number of nitrogens with zero attached hydrogens (tertiary/aromatic N) is 2. The Morgan fingerprint density at radius 2 is 1.86 bits per heavy atom. The summed E-state index contributed by atoms with van der Waals surface area (Å²) in [6.45, 7) is 3.58. The van der Waals surface area contributed by atoms with Gasteiger partial charge in [-0.2, -0.15) is 0 Å². The zero-order valence-electron chi connectivity index (χ0n) is 23.0. The normalized spacial score (nSPS) is 18.3. The number of aryl methyl sites for hydroxylation is 1. The molecule has 2 aromatic heterocycles. The van der Waals surface area contributed by atoms with Gasteiger partial charge in [-0.15, -0.1) is 0 Å². The van der Waals surface area contributed by atoms with Gasteiger partial charge in [-0.05, 0) is 69.0 Å². The van der Waals surface area contributed by atoms with E-state index in [0.717, 1.165) is 18.9 Å². The number of pyridine rings is 2. The number of rotatable bonds is 7. The van der Waals surface area contributed by atoms with Crippen molar-refractivity contribution in [1.82, 2.24) is 15.3 Å². The van der Waals surface area contributed by atoms with Crippen LogP contribution in [-0.2, 0) is 10.2 Å². The molecule has 6 rings (SSSR count). The summed E-state index contributed by atoms with van der Waals surface area (Å²) in [6, 6.07) is 8.97. The van der Waals surface area contributed by atoms with Crippen LogP contribution in [0.2, 0.25) is 15.1 Å². The minimum atomic E-state index is -1.22. The number of primary amides is 1. The molecule has 0 spiro atoms. The van der Waals surface area contributed by atoms with Gasteiger partial charge in [0.1, 0.15) is 23.5 Å². The third kappa shape index (κ3) is 5.17. The van der Waals surface area contributed by atoms with Crippen LogP contribution in [0.5, 0.6) is 5.75 Å². The molecule has 1 saturated carbocycles. The fraction of sp³-hybridized carbons (Fsp3) is 0.290. The van der Waals surface area contributed by atoms with E-state index in [1.165, 1.54) is 6.07 Å². The molecule has 0 saturated heterocycles. The smallest absolute Gasteiger partial charge is 0.251 e. The first-order chi connectivity index (χ1) is 20.4. The number of hydrogen-bond acceptors (Lipinski definition) is 5. The van der Waals surface area contributed by atoms with Crippen LogP contribution in [0.4, 0.5) is 8.78 Å². The molecule has 1 aliphatic heterocycles. The van der Waals surface area contributed by atoms with E-state index in [9.17, 15) is 18.4 Å². The average molecular weight is 646 g/mol. The third-order valence-corrected chi connectivity index (χ3v) is 9.28. The molecule has 7 nitrogen and oxygen atoms in total. The van der Waals surface area contributed by atoms with E-state index in [-0.39, 0.29) is 47.9 Å². The van der Waals surface area contributed by atoms with Crippen LogP contribution in [-0.4, -0.2) is 34.9 Å². The molecular formula is C31H25Cl3F2N4O3. The highest BCUT2D eigenvalue weighted by atomic mass is 35.5. The summed E-state index contributed by atoms with van der Waals surface area (Å²) in [4.78, 5) is 35.1. The number of fused-ring (bicyclic) bond motifs is 2. The highest BCUT2D eigenvalue weighted by molar-refractivity contribution is 6.36. The van der Waals surface area contributed by atoms with Crippen LogP contribution in [0.3, 0.4) is 0 Å². The van der Waals surface area contributed by atoms with Gasteiger partial charge in [-0.1, -0.05) is 34.8 Å². The number of nitrogens with one attached hydrogen (secondary N) is 1. The van der Waals surface area contributed by atoms with Gasteiger partial charge in [-0.25, -0.2) is 13.8 Å². The zero-order valence-corrected chi connectivity index (χ0v) is 25.3. The highest BCUT2D eigenvalue weighted by Crippen LogP contribution is 2.49. The van der Waals surface area contributed by atoms with Crippen LogP contribution in [0.25, 0.3) is 22.2 Å². The van der Waals surface area contributed by atoms with Gasteiger partial charge in [0, 0.05) is 40.2 Å². The van der Waals surface area contributed by atoms with Gasteiger partial charge < -0.3 is 15.8 Å². The second-order valence-electron chi connectivity index (χ2n) is 11.2. The molecule has 0 unspecified atom stereocenters. The van der Waals surface area contributed by atoms with E-state index >= 15 is 0 Å². The predicted molar refractivity (Wildman–Crippen MR) is 161 cm³/mol. The Labute approximate surface area is 260 Å². The number of nitrogens with two attached hydrogens (primary N) is 1. The summed E-state index contributed by atoms with van der Waals surface area (Å²) < 4.78 is 34.3. The maximum atomic E-state index is 14.5. The van der Waals surface area contributed by atoms with Gasteiger partial charge in [0.25, 0.3) is 5.91 Å². The van der Waals surface area contributed by atoms with Crippen molar-refractivity contribution < 1.29 is 23.1 Å². The minimum Gasteiger partial charge on any atom is -0.489 e. The summed E-state index contributed by atoms with van der Waals surface area (Å²) >= 11 is 18.9. The van der Waals surface area contributed by atoms with Crippen molar-refractivity contribution >= 4 is 57.5 Å². The van der Waals surface area contributed by atoms with Crippen LogP contribution in [0.1, 0.15) is 53.0 Å². The fourth-order valence-corrected chi connectivity index (χ4v) is 6.12. The monoisotopic (exact) mass is 644 g/mol. The Morgan fingerprint density at radius 3 is 2.56 bits per heavy atom. The van der Waals surface area contributed by atoms with Gasteiger partial charge in [0.05, 0.1) is 26.3 Å². The molecular weight excluding hydrogens is 621 g/mol. The standard InChI is InChI=1S/C31H25Cl3F2N4O3/c1-13-20(32)8-15-7-16(9-21(33)26(15)39-13)29(41)38-11-18(14-3-4-14)23-10-19-28(43-12-31(19,2)30(37)42)27(40-23)17-5-6-22(35)25(36)24(17)34/h5-10,14,18H,3-4,11-12H2,1-2H3,(H2,37,42)(H,38,41)/t18-,31-/m0/s1. The lowest BCUT2D eigenvalue weighted by atomic mass is 9.82. The number of halogens is 5. The minimum absolute atomic E-state index is 0.0525. The summed E-state index contributed by atoms with van der Waals surface area (Å²) in [5, 5.41) is 3.93. The largest absolute Gasteiger partial charge is 0.489 e. The lowest BCUT2D eigenvalue weighted by Crippen LogP contribution is -2.40. The van der Waals surface area contributed by atoms with Crippen LogP contribution in [0, 0.1) is 24.5 Å². The van der Waals surface area contributed by atoms with Gasteiger partial charge in [0.15, 0.2) is 11.6 Å². The van der Waals surface area contributed by atoms with Crippen molar-refractivity contribution in [1.29, 1.82) is 0 Å². The fourth-order valence-electron chi connectivity index (χ4n) is 5.45. The first-order valence-electron chi connectivity index (χ1n) is 13.6. The molecule has 2 aromatic carbocycles. The number of ether oxygens (including phenoxy) is 1. The Balaban J connectivity index is 1.38. The lowest BCUT2D eigenvalue weighted by Gasteiger charge is -2.22. The molecule has 1 aliphatic carbocycles. The van der Waals surface area contributed by atoms with Crippen molar-refractivity contribution in [3.8, 4) is 17.0 Å². The molecule has 43 heavy (non-hydrogen) atoms. The van der Waals surface area contributed by atoms with Crippen molar-refractivity contribution in [2.24, 2.45) is 11.7 Å². The molecule has 0 bridgehead atoms. The van der Waals surface area contributed by atoms with Crippen molar-refractivity contribution in [2.75, 3.05) is 13.2 Å². The van der Waals surface area contributed by atoms with Crippen molar-refractivity contribution in [2.45, 2.75) is 38.0 Å². The summed E-state index contributed by atoms with van der Waals surface area (Å²) in [5.41, 5.74) is 7.38. The average Bonchev–Trinajstić information content (AvgIpc) is 3.75. The molecule has 2 amide bonds. The van der Waals surface area contributed by atoms with Crippen LogP contribution >= 0.6 is 34.8 Å². The molecule has 12 heteroatoms. The Hall–Kier alpha value is -3.53. The van der Waals surface area contributed by atoms with Crippen LogP contribution < -0.4 is 15.8 Å². The number of benzene rings is 2. The Kier molecular flexibility index (Phi) is 7.47. The summed E-state index contributed by atoms with van der Waals surface area (Å²) in [6.07, 6.45) is 1.80. The Morgan fingerprint density at radius 1 is 1.12 bits per heavy atom. The van der Waals surface area contributed by atoms with Crippen molar-refractivity contribution in [3.63, 3.8) is 0 Å². The van der Waals surface area contributed by atoms with E-state index in [0.29, 0.717) is 43.5 Å². The van der Waals surface area contributed by atoms with E-state index in [1.807, 2.05) is 0 Å². The lowest BCUT2D eigenvalue weighted by molar-refractivity contribution is -0.123. The predicted octanol–water partition coefficient (Wildman–Crippen LogP) is 6.90. The highest BCUT2D eigenvalue weighted by Gasteiger charge is 2.45. The topological polar surface area (TPSA) is 107 Å². The quantitative estimate of drug-likeness (QED) is 0.213. The zero-order chi connectivity index (χ0) is 30.8. The number of hydrogen-bond donors (Lipinski definition) is 2. The maximum Gasteiger partial charge on any atom is 0.251 e. The van der Waals surface area contributed by atoms with Gasteiger partial charge in [-0.3, -0.25) is 14.6 Å². The van der Waals surface area contributed by atoms with Gasteiger partial charge in [0.2, 0.25) is 5.91 Å².